The van der Waals surface area contributed by atoms with Crippen LogP contribution in [0.1, 0.15) is 39.2 Å². The lowest BCUT2D eigenvalue weighted by atomic mass is 9.98. The maximum atomic E-state index is 5.52. The topological polar surface area (TPSA) is 35.0 Å². The number of para-hydroxylation sites is 1. The molecule has 0 bridgehead atoms. The van der Waals surface area contributed by atoms with Gasteiger partial charge < -0.3 is 4.74 Å². The van der Waals surface area contributed by atoms with E-state index >= 15 is 0 Å². The Labute approximate surface area is 115 Å². The largest absolute Gasteiger partial charge is 0.496 e. The maximum absolute atomic E-state index is 5.52. The average Bonchev–Trinajstić information content (AvgIpc) is 2.49. The van der Waals surface area contributed by atoms with E-state index in [0.29, 0.717) is 5.92 Å². The summed E-state index contributed by atoms with van der Waals surface area (Å²) in [4.78, 5) is 8.41. The molecule has 2 aromatic rings. The Hall–Kier alpha value is -1.90. The van der Waals surface area contributed by atoms with Crippen molar-refractivity contribution in [3.63, 3.8) is 0 Å². The van der Waals surface area contributed by atoms with E-state index in [9.17, 15) is 0 Å². The molecule has 1 aromatic carbocycles. The van der Waals surface area contributed by atoms with Crippen LogP contribution in [0.15, 0.2) is 36.8 Å². The lowest BCUT2D eigenvalue weighted by molar-refractivity contribution is 0.409. The molecule has 0 saturated carbocycles. The van der Waals surface area contributed by atoms with Crippen LogP contribution in [-0.4, -0.2) is 17.1 Å². The van der Waals surface area contributed by atoms with Crippen molar-refractivity contribution in [2.24, 2.45) is 0 Å². The lowest BCUT2D eigenvalue weighted by Crippen LogP contribution is -1.97. The van der Waals surface area contributed by atoms with Gasteiger partial charge in [-0.2, -0.15) is 0 Å². The molecule has 0 unspecified atom stereocenters. The first-order valence-corrected chi connectivity index (χ1v) is 6.67. The number of nitrogens with zero attached hydrogens (tertiary/aromatic N) is 2. The van der Waals surface area contributed by atoms with E-state index in [0.717, 1.165) is 17.0 Å². The van der Waals surface area contributed by atoms with E-state index in [4.69, 9.17) is 4.74 Å². The lowest BCUT2D eigenvalue weighted by Gasteiger charge is -2.15. The summed E-state index contributed by atoms with van der Waals surface area (Å²) in [5, 5.41) is 0. The molecule has 1 heterocycles. The van der Waals surface area contributed by atoms with E-state index in [1.54, 1.807) is 25.7 Å². The molecular formula is C16H22N2O. The van der Waals surface area contributed by atoms with Crippen molar-refractivity contribution in [2.75, 3.05) is 7.11 Å². The zero-order valence-electron chi connectivity index (χ0n) is 12.3. The van der Waals surface area contributed by atoms with Crippen molar-refractivity contribution in [3.05, 3.63) is 42.4 Å². The number of aromatic nitrogens is 2. The Morgan fingerprint density at radius 1 is 1.11 bits per heavy atom. The van der Waals surface area contributed by atoms with Gasteiger partial charge in [0.1, 0.15) is 5.75 Å². The first-order valence-electron chi connectivity index (χ1n) is 6.67. The van der Waals surface area contributed by atoms with Gasteiger partial charge in [-0.1, -0.05) is 39.8 Å². The Bertz CT molecular complexity index is 495. The highest BCUT2D eigenvalue weighted by Crippen LogP contribution is 2.35. The second-order valence-electron chi connectivity index (χ2n) is 4.17. The number of rotatable bonds is 3. The van der Waals surface area contributed by atoms with Gasteiger partial charge >= 0.3 is 0 Å². The molecule has 102 valence electrons. The third-order valence-corrected chi connectivity index (χ3v) is 2.71. The SMILES string of the molecule is CC.COc1c(-c2cnccn2)cccc1C(C)C. The van der Waals surface area contributed by atoms with Crippen LogP contribution >= 0.6 is 0 Å². The average molecular weight is 258 g/mol. The summed E-state index contributed by atoms with van der Waals surface area (Å²) in [6, 6.07) is 6.12. The predicted octanol–water partition coefficient (Wildman–Crippen LogP) is 4.30. The van der Waals surface area contributed by atoms with Crippen LogP contribution in [0.4, 0.5) is 0 Å². The standard InChI is InChI=1S/C14H16N2O.C2H6/c1-10(2)11-5-4-6-12(14(11)17-3)13-9-15-7-8-16-13;1-2/h4-10H,1-3H3;1-2H3. The van der Waals surface area contributed by atoms with Crippen LogP contribution < -0.4 is 4.74 Å². The number of benzene rings is 1. The summed E-state index contributed by atoms with van der Waals surface area (Å²) in [5.74, 6) is 1.31. The third kappa shape index (κ3) is 3.53. The normalized spacial score (nSPS) is 9.79. The quantitative estimate of drug-likeness (QED) is 0.823. The molecule has 0 aliphatic carbocycles. The molecule has 0 spiro atoms. The minimum Gasteiger partial charge on any atom is -0.496 e. The molecule has 2 rings (SSSR count). The fourth-order valence-corrected chi connectivity index (χ4v) is 1.88. The number of hydrogen-bond acceptors (Lipinski definition) is 3. The van der Waals surface area contributed by atoms with E-state index in [2.05, 4.69) is 29.9 Å². The van der Waals surface area contributed by atoms with Gasteiger partial charge in [0.25, 0.3) is 0 Å². The van der Waals surface area contributed by atoms with Gasteiger partial charge in [0.2, 0.25) is 0 Å². The van der Waals surface area contributed by atoms with Crippen LogP contribution in [0, 0.1) is 0 Å². The number of ether oxygens (including phenoxy) is 1. The Balaban J connectivity index is 0.000000861. The Morgan fingerprint density at radius 3 is 2.37 bits per heavy atom. The minimum atomic E-state index is 0.418. The minimum absolute atomic E-state index is 0.418. The highest BCUT2D eigenvalue weighted by Gasteiger charge is 2.13. The Morgan fingerprint density at radius 2 is 1.84 bits per heavy atom. The molecule has 0 radical (unpaired) electrons. The third-order valence-electron chi connectivity index (χ3n) is 2.71. The van der Waals surface area contributed by atoms with Crippen LogP contribution in [0.2, 0.25) is 0 Å². The summed E-state index contributed by atoms with van der Waals surface area (Å²) < 4.78 is 5.52. The monoisotopic (exact) mass is 258 g/mol. The second kappa shape index (κ2) is 7.52. The fraction of sp³-hybridized carbons (Fsp3) is 0.375. The molecule has 0 amide bonds. The van der Waals surface area contributed by atoms with Gasteiger partial charge in [-0.15, -0.1) is 0 Å². The molecule has 3 nitrogen and oxygen atoms in total. The number of hydrogen-bond donors (Lipinski definition) is 0. The van der Waals surface area contributed by atoms with Gasteiger partial charge in [0.15, 0.2) is 0 Å². The molecule has 19 heavy (non-hydrogen) atoms. The van der Waals surface area contributed by atoms with Crippen molar-refractivity contribution in [2.45, 2.75) is 33.6 Å². The molecule has 1 aromatic heterocycles. The molecule has 0 atom stereocenters. The molecule has 0 saturated heterocycles. The predicted molar refractivity (Wildman–Crippen MR) is 79.5 cm³/mol. The number of methoxy groups -OCH3 is 1. The van der Waals surface area contributed by atoms with E-state index in [1.165, 1.54) is 5.56 Å². The van der Waals surface area contributed by atoms with Gasteiger partial charge in [-0.05, 0) is 17.5 Å². The zero-order chi connectivity index (χ0) is 14.3. The van der Waals surface area contributed by atoms with E-state index in [1.807, 2.05) is 26.0 Å². The smallest absolute Gasteiger partial charge is 0.131 e. The summed E-state index contributed by atoms with van der Waals surface area (Å²) in [7, 11) is 1.70. The van der Waals surface area contributed by atoms with Crippen molar-refractivity contribution in [3.8, 4) is 17.0 Å². The van der Waals surface area contributed by atoms with E-state index in [-0.39, 0.29) is 0 Å². The summed E-state index contributed by atoms with van der Waals surface area (Å²) in [5.41, 5.74) is 3.02. The van der Waals surface area contributed by atoms with Crippen LogP contribution in [0.25, 0.3) is 11.3 Å². The molecule has 0 N–H and O–H groups in total. The molecule has 0 aliphatic heterocycles. The molecule has 0 aliphatic rings. The highest BCUT2D eigenvalue weighted by atomic mass is 16.5. The van der Waals surface area contributed by atoms with Crippen LogP contribution in [-0.2, 0) is 0 Å². The van der Waals surface area contributed by atoms with Gasteiger partial charge in [-0.3, -0.25) is 9.97 Å². The van der Waals surface area contributed by atoms with Crippen LogP contribution in [0.3, 0.4) is 0 Å². The highest BCUT2D eigenvalue weighted by molar-refractivity contribution is 5.68. The molecule has 0 fully saturated rings. The summed E-state index contributed by atoms with van der Waals surface area (Å²) in [6.07, 6.45) is 5.11. The Kier molecular flexibility index (Phi) is 6.00. The first-order chi connectivity index (χ1) is 9.24. The summed E-state index contributed by atoms with van der Waals surface area (Å²) >= 11 is 0. The van der Waals surface area contributed by atoms with Gasteiger partial charge in [0, 0.05) is 18.0 Å². The van der Waals surface area contributed by atoms with Crippen molar-refractivity contribution in [1.29, 1.82) is 0 Å². The van der Waals surface area contributed by atoms with Gasteiger partial charge in [-0.25, -0.2) is 0 Å². The second-order valence-corrected chi connectivity index (χ2v) is 4.17. The van der Waals surface area contributed by atoms with Crippen LogP contribution in [0.5, 0.6) is 5.75 Å². The van der Waals surface area contributed by atoms with E-state index < -0.39 is 0 Å². The molecule has 3 heteroatoms. The first kappa shape index (κ1) is 15.2. The maximum Gasteiger partial charge on any atom is 0.131 e. The molecular weight excluding hydrogens is 236 g/mol. The fourth-order valence-electron chi connectivity index (χ4n) is 1.88. The van der Waals surface area contributed by atoms with Crippen molar-refractivity contribution in [1.82, 2.24) is 9.97 Å². The zero-order valence-corrected chi connectivity index (χ0v) is 12.3. The van der Waals surface area contributed by atoms with Gasteiger partial charge in [0.05, 0.1) is 19.0 Å². The van der Waals surface area contributed by atoms with Crippen molar-refractivity contribution < 1.29 is 4.74 Å². The van der Waals surface area contributed by atoms with Crippen molar-refractivity contribution >= 4 is 0 Å². The summed E-state index contributed by atoms with van der Waals surface area (Å²) in [6.45, 7) is 8.30.